The van der Waals surface area contributed by atoms with Crippen LogP contribution in [-0.2, 0) is 5.41 Å². The van der Waals surface area contributed by atoms with Crippen LogP contribution in [0.3, 0.4) is 0 Å². The van der Waals surface area contributed by atoms with Crippen LogP contribution in [0.1, 0.15) is 22.3 Å². The van der Waals surface area contributed by atoms with Crippen molar-refractivity contribution in [3.05, 3.63) is 210 Å². The summed E-state index contributed by atoms with van der Waals surface area (Å²) in [6.45, 7) is 0. The van der Waals surface area contributed by atoms with Crippen molar-refractivity contribution >= 4 is 39.0 Å². The SMILES string of the molecule is c1ccc(-c2ccccc2N(c2cccc3c2-c2ccccc2C32c3ccccc3-c3ccccc32)c2cccc3c2oc2ccccc23)cc1. The molecule has 51 heavy (non-hydrogen) atoms. The van der Waals surface area contributed by atoms with Gasteiger partial charge in [0.25, 0.3) is 0 Å². The predicted octanol–water partition coefficient (Wildman–Crippen LogP) is 13.1. The van der Waals surface area contributed by atoms with Crippen molar-refractivity contribution in [1.29, 1.82) is 0 Å². The van der Waals surface area contributed by atoms with E-state index >= 15 is 0 Å². The zero-order valence-corrected chi connectivity index (χ0v) is 27.8. The minimum absolute atomic E-state index is 0.439. The summed E-state index contributed by atoms with van der Waals surface area (Å²) in [5.41, 5.74) is 17.3. The number of hydrogen-bond acceptors (Lipinski definition) is 2. The average Bonchev–Trinajstić information content (AvgIpc) is 3.84. The molecule has 0 saturated carbocycles. The van der Waals surface area contributed by atoms with E-state index in [4.69, 9.17) is 4.42 Å². The number of anilines is 3. The largest absolute Gasteiger partial charge is 0.454 e. The van der Waals surface area contributed by atoms with Crippen molar-refractivity contribution in [2.45, 2.75) is 5.41 Å². The van der Waals surface area contributed by atoms with Gasteiger partial charge in [0.2, 0.25) is 0 Å². The minimum atomic E-state index is -0.439. The number of rotatable bonds is 4. The zero-order chi connectivity index (χ0) is 33.5. The van der Waals surface area contributed by atoms with Crippen LogP contribution >= 0.6 is 0 Å². The van der Waals surface area contributed by atoms with Crippen molar-refractivity contribution in [2.75, 3.05) is 4.90 Å². The molecule has 1 spiro atoms. The van der Waals surface area contributed by atoms with Gasteiger partial charge in [-0.3, -0.25) is 0 Å². The van der Waals surface area contributed by atoms with E-state index in [9.17, 15) is 0 Å². The summed E-state index contributed by atoms with van der Waals surface area (Å²) in [5.74, 6) is 0. The topological polar surface area (TPSA) is 16.4 Å². The number of benzene rings is 8. The molecule has 0 N–H and O–H groups in total. The Morgan fingerprint density at radius 3 is 1.63 bits per heavy atom. The van der Waals surface area contributed by atoms with Crippen LogP contribution in [0.2, 0.25) is 0 Å². The second-order valence-corrected chi connectivity index (χ2v) is 13.6. The molecule has 0 saturated heterocycles. The van der Waals surface area contributed by atoms with E-state index in [0.29, 0.717) is 0 Å². The summed E-state index contributed by atoms with van der Waals surface area (Å²) in [7, 11) is 0. The summed E-state index contributed by atoms with van der Waals surface area (Å²) in [5, 5.41) is 2.22. The van der Waals surface area contributed by atoms with Crippen molar-refractivity contribution in [3.63, 3.8) is 0 Å². The zero-order valence-electron chi connectivity index (χ0n) is 27.8. The van der Waals surface area contributed by atoms with Gasteiger partial charge in [-0.05, 0) is 68.8 Å². The Balaban J connectivity index is 1.28. The third kappa shape index (κ3) is 3.76. The Morgan fingerprint density at radius 2 is 0.863 bits per heavy atom. The van der Waals surface area contributed by atoms with Crippen molar-refractivity contribution in [2.24, 2.45) is 0 Å². The third-order valence-electron chi connectivity index (χ3n) is 11.1. The highest BCUT2D eigenvalue weighted by molar-refractivity contribution is 6.12. The number of furan rings is 1. The fourth-order valence-electron chi connectivity index (χ4n) is 9.14. The standard InChI is InChI=1S/C49H31NO/c1-2-16-32(17-3-1)33-18-7-12-28-43(33)50(45-30-14-23-37-36-21-8-13-31-46(36)51-48(37)45)44-29-15-27-42-47(44)38-22-6-11-26-41(38)49(42)39-24-9-4-19-34(39)35-20-5-10-25-40(35)49/h1-31H. The van der Waals surface area contributed by atoms with E-state index in [1.807, 2.05) is 6.07 Å². The van der Waals surface area contributed by atoms with Crippen molar-refractivity contribution < 1.29 is 4.42 Å². The lowest BCUT2D eigenvalue weighted by molar-refractivity contribution is 0.669. The molecule has 2 nitrogen and oxygen atoms in total. The lowest BCUT2D eigenvalue weighted by Crippen LogP contribution is -2.26. The fourth-order valence-corrected chi connectivity index (χ4v) is 9.14. The number of hydrogen-bond donors (Lipinski definition) is 0. The molecule has 238 valence electrons. The van der Waals surface area contributed by atoms with E-state index < -0.39 is 5.41 Å². The van der Waals surface area contributed by atoms with Crippen LogP contribution in [0.5, 0.6) is 0 Å². The molecule has 2 heteroatoms. The van der Waals surface area contributed by atoms with Gasteiger partial charge in [0.1, 0.15) is 5.58 Å². The second-order valence-electron chi connectivity index (χ2n) is 13.6. The molecule has 2 aliphatic carbocycles. The molecule has 0 atom stereocenters. The Hall–Kier alpha value is -6.64. The molecule has 9 aromatic rings. The van der Waals surface area contributed by atoms with Gasteiger partial charge in [-0.2, -0.15) is 0 Å². The van der Waals surface area contributed by atoms with E-state index in [1.165, 1.54) is 44.5 Å². The van der Waals surface area contributed by atoms with Gasteiger partial charge in [-0.15, -0.1) is 0 Å². The van der Waals surface area contributed by atoms with Gasteiger partial charge in [0.05, 0.1) is 22.5 Å². The Kier molecular flexibility index (Phi) is 5.91. The number of fused-ring (bicyclic) bond motifs is 13. The second kappa shape index (κ2) is 10.7. The van der Waals surface area contributed by atoms with Crippen LogP contribution in [0, 0.1) is 0 Å². The first-order valence-corrected chi connectivity index (χ1v) is 17.6. The Morgan fingerprint density at radius 1 is 0.353 bits per heavy atom. The van der Waals surface area contributed by atoms with Gasteiger partial charge in [0.15, 0.2) is 5.58 Å². The van der Waals surface area contributed by atoms with Crippen molar-refractivity contribution in [1.82, 2.24) is 0 Å². The summed E-state index contributed by atoms with van der Waals surface area (Å²) < 4.78 is 6.79. The molecule has 11 rings (SSSR count). The van der Waals surface area contributed by atoms with E-state index in [0.717, 1.165) is 50.1 Å². The van der Waals surface area contributed by atoms with E-state index in [1.54, 1.807) is 0 Å². The maximum absolute atomic E-state index is 6.79. The van der Waals surface area contributed by atoms with Gasteiger partial charge >= 0.3 is 0 Å². The lowest BCUT2D eigenvalue weighted by Gasteiger charge is -2.32. The van der Waals surface area contributed by atoms with Gasteiger partial charge in [0, 0.05) is 21.9 Å². The highest BCUT2D eigenvalue weighted by Crippen LogP contribution is 2.65. The van der Waals surface area contributed by atoms with Crippen LogP contribution in [0.4, 0.5) is 17.1 Å². The molecule has 1 heterocycles. The maximum Gasteiger partial charge on any atom is 0.159 e. The average molecular weight is 650 g/mol. The third-order valence-corrected chi connectivity index (χ3v) is 11.1. The predicted molar refractivity (Wildman–Crippen MR) is 210 cm³/mol. The van der Waals surface area contributed by atoms with Gasteiger partial charge < -0.3 is 9.32 Å². The minimum Gasteiger partial charge on any atom is -0.454 e. The normalized spacial score (nSPS) is 13.3. The van der Waals surface area contributed by atoms with Gasteiger partial charge in [-0.25, -0.2) is 0 Å². The summed E-state index contributed by atoms with van der Waals surface area (Å²) in [6.07, 6.45) is 0. The molecule has 1 aromatic heterocycles. The molecule has 0 fully saturated rings. The first-order chi connectivity index (χ1) is 25.3. The highest BCUT2D eigenvalue weighted by Gasteiger charge is 2.52. The fraction of sp³-hybridized carbons (Fsp3) is 0.0204. The molecule has 0 radical (unpaired) electrons. The Labute approximate surface area is 296 Å². The molecule has 0 bridgehead atoms. The smallest absolute Gasteiger partial charge is 0.159 e. The molecule has 0 amide bonds. The van der Waals surface area contributed by atoms with E-state index in [-0.39, 0.29) is 0 Å². The van der Waals surface area contributed by atoms with Crippen LogP contribution in [0.25, 0.3) is 55.3 Å². The van der Waals surface area contributed by atoms with Crippen LogP contribution in [-0.4, -0.2) is 0 Å². The quantitative estimate of drug-likeness (QED) is 0.189. The first kappa shape index (κ1) is 28.2. The van der Waals surface area contributed by atoms with E-state index in [2.05, 4.69) is 187 Å². The number of nitrogens with zero attached hydrogens (tertiary/aromatic N) is 1. The van der Waals surface area contributed by atoms with Gasteiger partial charge in [-0.1, -0.05) is 164 Å². The molecule has 2 aliphatic rings. The highest BCUT2D eigenvalue weighted by atomic mass is 16.3. The maximum atomic E-state index is 6.79. The molecule has 0 unspecified atom stereocenters. The molecular formula is C49H31NO. The lowest BCUT2D eigenvalue weighted by atomic mass is 9.70. The molecule has 0 aliphatic heterocycles. The monoisotopic (exact) mass is 649 g/mol. The van der Waals surface area contributed by atoms with Crippen molar-refractivity contribution in [3.8, 4) is 33.4 Å². The first-order valence-electron chi connectivity index (χ1n) is 17.6. The Bertz CT molecular complexity index is 2780. The molecule has 8 aromatic carbocycles. The molecular weight excluding hydrogens is 619 g/mol. The number of para-hydroxylation sites is 3. The summed E-state index contributed by atoms with van der Waals surface area (Å²) >= 11 is 0. The summed E-state index contributed by atoms with van der Waals surface area (Å²) in [4.78, 5) is 2.45. The summed E-state index contributed by atoms with van der Waals surface area (Å²) in [6, 6.07) is 68.3. The van der Waals surface area contributed by atoms with Crippen LogP contribution in [0.15, 0.2) is 192 Å². The van der Waals surface area contributed by atoms with Crippen LogP contribution < -0.4 is 4.90 Å².